The molecule has 2 aromatic carbocycles. The maximum absolute atomic E-state index is 11.6. The lowest BCUT2D eigenvalue weighted by Crippen LogP contribution is -2.06. The number of halogens is 1. The third-order valence-electron chi connectivity index (χ3n) is 3.48. The molecule has 1 aromatic heterocycles. The number of fused-ring (bicyclic) bond motifs is 1. The van der Waals surface area contributed by atoms with E-state index in [1.807, 2.05) is 6.07 Å². The smallest absolute Gasteiger partial charge is 0.336 e. The van der Waals surface area contributed by atoms with Crippen molar-refractivity contribution in [3.8, 4) is 11.3 Å². The van der Waals surface area contributed by atoms with E-state index >= 15 is 0 Å². The fourth-order valence-corrected chi connectivity index (χ4v) is 2.67. The minimum atomic E-state index is -1.04. The van der Waals surface area contributed by atoms with Crippen LogP contribution in [0.15, 0.2) is 48.5 Å². The molecule has 1 heterocycles. The van der Waals surface area contributed by atoms with E-state index < -0.39 is 5.97 Å². The lowest BCUT2D eigenvalue weighted by atomic mass is 10.0. The van der Waals surface area contributed by atoms with Gasteiger partial charge in [-0.15, -0.1) is 0 Å². The van der Waals surface area contributed by atoms with Crippen LogP contribution in [-0.2, 0) is 4.79 Å². The van der Waals surface area contributed by atoms with Gasteiger partial charge in [-0.1, -0.05) is 23.7 Å². The van der Waals surface area contributed by atoms with Crippen LogP contribution in [0.3, 0.4) is 0 Å². The fourth-order valence-electron chi connectivity index (χ4n) is 2.48. The average Bonchev–Trinajstić information content (AvgIpc) is 2.52. The summed E-state index contributed by atoms with van der Waals surface area (Å²) in [4.78, 5) is 27.3. The molecule has 0 aliphatic heterocycles. The van der Waals surface area contributed by atoms with Gasteiger partial charge in [-0.25, -0.2) is 9.78 Å². The summed E-state index contributed by atoms with van der Waals surface area (Å²) in [6.45, 7) is 1.41. The Morgan fingerprint density at radius 2 is 1.92 bits per heavy atom. The van der Waals surface area contributed by atoms with Crippen LogP contribution in [0.4, 0.5) is 5.69 Å². The molecule has 0 saturated carbocycles. The zero-order chi connectivity index (χ0) is 17.3. The summed E-state index contributed by atoms with van der Waals surface area (Å²) >= 11 is 6.01. The second kappa shape index (κ2) is 6.29. The SMILES string of the molecule is CC(=O)Nc1ccc2c(C(=O)O)cc(-c3cccc(Cl)c3)nc2c1. The Morgan fingerprint density at radius 1 is 1.12 bits per heavy atom. The molecule has 3 aromatic rings. The molecule has 1 amide bonds. The molecular formula is C18H13ClN2O3. The highest BCUT2D eigenvalue weighted by molar-refractivity contribution is 6.30. The minimum absolute atomic E-state index is 0.143. The quantitative estimate of drug-likeness (QED) is 0.748. The van der Waals surface area contributed by atoms with Crippen molar-refractivity contribution >= 4 is 40.1 Å². The molecular weight excluding hydrogens is 328 g/mol. The fraction of sp³-hybridized carbons (Fsp3) is 0.0556. The maximum Gasteiger partial charge on any atom is 0.336 e. The van der Waals surface area contributed by atoms with E-state index in [4.69, 9.17) is 11.6 Å². The normalized spacial score (nSPS) is 10.6. The van der Waals surface area contributed by atoms with Crippen molar-refractivity contribution in [2.75, 3.05) is 5.32 Å². The van der Waals surface area contributed by atoms with Crippen LogP contribution >= 0.6 is 11.6 Å². The topological polar surface area (TPSA) is 79.3 Å². The van der Waals surface area contributed by atoms with Gasteiger partial charge in [0.05, 0.1) is 16.8 Å². The zero-order valence-electron chi connectivity index (χ0n) is 12.7. The molecule has 3 rings (SSSR count). The highest BCUT2D eigenvalue weighted by atomic mass is 35.5. The molecule has 0 bridgehead atoms. The van der Waals surface area contributed by atoms with E-state index in [9.17, 15) is 14.7 Å². The lowest BCUT2D eigenvalue weighted by molar-refractivity contribution is -0.114. The van der Waals surface area contributed by atoms with Gasteiger partial charge in [-0.05, 0) is 36.4 Å². The first-order valence-electron chi connectivity index (χ1n) is 7.15. The number of nitrogens with zero attached hydrogens (tertiary/aromatic N) is 1. The standard InChI is InChI=1S/C18H13ClN2O3/c1-10(22)20-13-5-6-14-15(18(23)24)9-16(21-17(14)8-13)11-3-2-4-12(19)7-11/h2-9H,1H3,(H,20,22)(H,23,24). The van der Waals surface area contributed by atoms with Crippen LogP contribution in [0.5, 0.6) is 0 Å². The summed E-state index contributed by atoms with van der Waals surface area (Å²) in [5.41, 5.74) is 2.40. The molecule has 0 aliphatic carbocycles. The summed E-state index contributed by atoms with van der Waals surface area (Å²) in [5, 5.41) is 13.2. The largest absolute Gasteiger partial charge is 0.478 e. The Hall–Kier alpha value is -2.92. The van der Waals surface area contributed by atoms with E-state index in [0.717, 1.165) is 5.56 Å². The number of rotatable bonds is 3. The number of amides is 1. The van der Waals surface area contributed by atoms with Crippen molar-refractivity contribution < 1.29 is 14.7 Å². The number of anilines is 1. The van der Waals surface area contributed by atoms with Gasteiger partial charge in [0.1, 0.15) is 0 Å². The number of nitrogens with one attached hydrogen (secondary N) is 1. The Kier molecular flexibility index (Phi) is 4.18. The molecule has 0 fully saturated rings. The van der Waals surface area contributed by atoms with Crippen LogP contribution in [-0.4, -0.2) is 22.0 Å². The van der Waals surface area contributed by atoms with Crippen molar-refractivity contribution in [2.45, 2.75) is 6.92 Å². The monoisotopic (exact) mass is 340 g/mol. The van der Waals surface area contributed by atoms with Gasteiger partial charge in [0.25, 0.3) is 0 Å². The molecule has 0 spiro atoms. The van der Waals surface area contributed by atoms with E-state index in [0.29, 0.717) is 27.3 Å². The molecule has 2 N–H and O–H groups in total. The summed E-state index contributed by atoms with van der Waals surface area (Å²) in [6, 6.07) is 13.5. The number of hydrogen-bond acceptors (Lipinski definition) is 3. The number of pyridine rings is 1. The van der Waals surface area contributed by atoms with Gasteiger partial charge < -0.3 is 10.4 Å². The number of carboxylic acid groups (broad SMARTS) is 1. The van der Waals surface area contributed by atoms with E-state index in [1.54, 1.807) is 36.4 Å². The van der Waals surface area contributed by atoms with Crippen LogP contribution in [0, 0.1) is 0 Å². The summed E-state index contributed by atoms with van der Waals surface area (Å²) in [6.07, 6.45) is 0. The first kappa shape index (κ1) is 16.0. The van der Waals surface area contributed by atoms with E-state index in [1.165, 1.54) is 13.0 Å². The second-order valence-electron chi connectivity index (χ2n) is 5.28. The number of carboxylic acids is 1. The molecule has 120 valence electrons. The van der Waals surface area contributed by atoms with Crippen molar-refractivity contribution in [2.24, 2.45) is 0 Å². The number of aromatic carboxylic acids is 1. The number of benzene rings is 2. The third-order valence-corrected chi connectivity index (χ3v) is 3.72. The Balaban J connectivity index is 2.23. The maximum atomic E-state index is 11.6. The molecule has 5 nitrogen and oxygen atoms in total. The first-order valence-corrected chi connectivity index (χ1v) is 7.53. The van der Waals surface area contributed by atoms with E-state index in [-0.39, 0.29) is 11.5 Å². The number of aromatic nitrogens is 1. The van der Waals surface area contributed by atoms with Crippen LogP contribution in [0.1, 0.15) is 17.3 Å². The predicted octanol–water partition coefficient (Wildman–Crippen LogP) is 4.21. The number of hydrogen-bond donors (Lipinski definition) is 2. The number of carbonyl (C=O) groups is 2. The van der Waals surface area contributed by atoms with Crippen molar-refractivity contribution in [1.82, 2.24) is 4.98 Å². The molecule has 0 radical (unpaired) electrons. The van der Waals surface area contributed by atoms with Gasteiger partial charge in [0, 0.05) is 28.6 Å². The van der Waals surface area contributed by atoms with Gasteiger partial charge in [0.15, 0.2) is 0 Å². The average molecular weight is 341 g/mol. The third kappa shape index (κ3) is 3.21. The lowest BCUT2D eigenvalue weighted by Gasteiger charge is -2.09. The molecule has 0 aliphatic rings. The van der Waals surface area contributed by atoms with Gasteiger partial charge in [-0.2, -0.15) is 0 Å². The first-order chi connectivity index (χ1) is 11.4. The molecule has 0 atom stereocenters. The molecule has 24 heavy (non-hydrogen) atoms. The highest BCUT2D eigenvalue weighted by Gasteiger charge is 2.14. The Morgan fingerprint density at radius 3 is 2.58 bits per heavy atom. The molecule has 0 unspecified atom stereocenters. The van der Waals surface area contributed by atoms with Crippen molar-refractivity contribution in [3.63, 3.8) is 0 Å². The summed E-state index contributed by atoms with van der Waals surface area (Å²) in [7, 11) is 0. The van der Waals surface area contributed by atoms with E-state index in [2.05, 4.69) is 10.3 Å². The Bertz CT molecular complexity index is 970. The summed E-state index contributed by atoms with van der Waals surface area (Å²) < 4.78 is 0. The van der Waals surface area contributed by atoms with Crippen LogP contribution < -0.4 is 5.32 Å². The molecule has 6 heteroatoms. The van der Waals surface area contributed by atoms with Crippen molar-refractivity contribution in [3.05, 3.63) is 59.1 Å². The minimum Gasteiger partial charge on any atom is -0.478 e. The Labute approximate surface area is 142 Å². The molecule has 0 saturated heterocycles. The predicted molar refractivity (Wildman–Crippen MR) is 93.5 cm³/mol. The second-order valence-corrected chi connectivity index (χ2v) is 5.72. The van der Waals surface area contributed by atoms with Crippen LogP contribution in [0.25, 0.3) is 22.2 Å². The van der Waals surface area contributed by atoms with Gasteiger partial charge in [0.2, 0.25) is 5.91 Å². The summed E-state index contributed by atoms with van der Waals surface area (Å²) in [5.74, 6) is -1.25. The van der Waals surface area contributed by atoms with Crippen LogP contribution in [0.2, 0.25) is 5.02 Å². The van der Waals surface area contributed by atoms with Crippen molar-refractivity contribution in [1.29, 1.82) is 0 Å². The van der Waals surface area contributed by atoms with Gasteiger partial charge >= 0.3 is 5.97 Å². The number of carbonyl (C=O) groups excluding carboxylic acids is 1. The zero-order valence-corrected chi connectivity index (χ0v) is 13.5. The van der Waals surface area contributed by atoms with Gasteiger partial charge in [-0.3, -0.25) is 4.79 Å². The highest BCUT2D eigenvalue weighted by Crippen LogP contribution is 2.28.